The number of hydrogen-bond acceptors (Lipinski definition) is 2. The number of amides is 1. The summed E-state index contributed by atoms with van der Waals surface area (Å²) in [6.07, 6.45) is 2.08. The number of rotatable bonds is 2. The van der Waals surface area contributed by atoms with Crippen molar-refractivity contribution in [1.29, 1.82) is 0 Å². The van der Waals surface area contributed by atoms with Gasteiger partial charge in [-0.15, -0.1) is 0 Å². The molecule has 0 unspecified atom stereocenters. The van der Waals surface area contributed by atoms with Crippen molar-refractivity contribution in [2.45, 2.75) is 19.8 Å². The van der Waals surface area contributed by atoms with Gasteiger partial charge in [-0.2, -0.15) is 0 Å². The van der Waals surface area contributed by atoms with Crippen molar-refractivity contribution in [2.24, 2.45) is 5.92 Å². The van der Waals surface area contributed by atoms with E-state index in [1.807, 2.05) is 31.2 Å². The minimum Gasteiger partial charge on any atom is -0.326 e. The summed E-state index contributed by atoms with van der Waals surface area (Å²) in [7, 11) is 0. The zero-order valence-corrected chi connectivity index (χ0v) is 9.62. The van der Waals surface area contributed by atoms with Crippen molar-refractivity contribution < 1.29 is 4.79 Å². The van der Waals surface area contributed by atoms with Crippen LogP contribution in [0.5, 0.6) is 0 Å². The largest absolute Gasteiger partial charge is 0.326 e. The molecule has 3 nitrogen and oxygen atoms in total. The highest BCUT2D eigenvalue weighted by Gasteiger charge is 2.20. The second-order valence-corrected chi connectivity index (χ2v) is 4.40. The van der Waals surface area contributed by atoms with Crippen LogP contribution in [0, 0.1) is 12.8 Å². The van der Waals surface area contributed by atoms with Gasteiger partial charge in [-0.3, -0.25) is 4.79 Å². The first-order valence-corrected chi connectivity index (χ1v) is 5.84. The van der Waals surface area contributed by atoms with Crippen LogP contribution in [0.4, 0.5) is 5.69 Å². The normalized spacial score (nSPS) is 20.4. The number of hydrogen-bond donors (Lipinski definition) is 2. The summed E-state index contributed by atoms with van der Waals surface area (Å²) in [5, 5.41) is 6.21. The van der Waals surface area contributed by atoms with Crippen LogP contribution in [-0.2, 0) is 4.79 Å². The predicted octanol–water partition coefficient (Wildman–Crippen LogP) is 1.93. The monoisotopic (exact) mass is 218 g/mol. The van der Waals surface area contributed by atoms with Crippen LogP contribution in [0.2, 0.25) is 0 Å². The Kier molecular flexibility index (Phi) is 3.57. The van der Waals surface area contributed by atoms with Gasteiger partial charge in [0.2, 0.25) is 5.91 Å². The first-order valence-electron chi connectivity index (χ1n) is 5.84. The molecule has 0 bridgehead atoms. The molecule has 3 heteroatoms. The van der Waals surface area contributed by atoms with Crippen LogP contribution >= 0.6 is 0 Å². The van der Waals surface area contributed by atoms with Gasteiger partial charge >= 0.3 is 0 Å². The van der Waals surface area contributed by atoms with Crippen molar-refractivity contribution >= 4 is 11.6 Å². The van der Waals surface area contributed by atoms with E-state index < -0.39 is 0 Å². The van der Waals surface area contributed by atoms with E-state index in [9.17, 15) is 4.79 Å². The molecule has 1 saturated heterocycles. The third kappa shape index (κ3) is 2.83. The molecule has 0 radical (unpaired) electrons. The molecule has 0 spiro atoms. The third-order valence-corrected chi connectivity index (χ3v) is 2.99. The van der Waals surface area contributed by atoms with Crippen LogP contribution in [-0.4, -0.2) is 19.0 Å². The summed E-state index contributed by atoms with van der Waals surface area (Å²) in [6.45, 7) is 3.88. The van der Waals surface area contributed by atoms with E-state index in [0.29, 0.717) is 0 Å². The lowest BCUT2D eigenvalue weighted by molar-refractivity contribution is -0.120. The van der Waals surface area contributed by atoms with E-state index in [1.165, 1.54) is 5.56 Å². The minimum atomic E-state index is 0.120. The van der Waals surface area contributed by atoms with Crippen LogP contribution in [0.25, 0.3) is 0 Å². The van der Waals surface area contributed by atoms with Gasteiger partial charge in [0.1, 0.15) is 0 Å². The number of piperidine rings is 1. The summed E-state index contributed by atoms with van der Waals surface area (Å²) < 4.78 is 0. The summed E-state index contributed by atoms with van der Waals surface area (Å²) in [5.41, 5.74) is 2.10. The predicted molar refractivity (Wildman–Crippen MR) is 65.4 cm³/mol. The zero-order chi connectivity index (χ0) is 11.4. The van der Waals surface area contributed by atoms with E-state index >= 15 is 0 Å². The molecule has 2 N–H and O–H groups in total. The molecule has 1 aromatic carbocycles. The average Bonchev–Trinajstić information content (AvgIpc) is 2.33. The minimum absolute atomic E-state index is 0.120. The average molecular weight is 218 g/mol. The second-order valence-electron chi connectivity index (χ2n) is 4.40. The van der Waals surface area contributed by atoms with Gasteiger partial charge in [0, 0.05) is 12.2 Å². The Hall–Kier alpha value is -1.35. The van der Waals surface area contributed by atoms with Crippen LogP contribution in [0.15, 0.2) is 24.3 Å². The molecule has 86 valence electrons. The Bertz CT molecular complexity index is 353. The molecule has 1 amide bonds. The SMILES string of the molecule is Cc1ccc(NC(=O)[C@@H]2CCCNC2)cc1. The highest BCUT2D eigenvalue weighted by Crippen LogP contribution is 2.14. The molecule has 1 atom stereocenters. The van der Waals surface area contributed by atoms with Gasteiger partial charge in [-0.25, -0.2) is 0 Å². The first kappa shape index (κ1) is 11.1. The van der Waals surface area contributed by atoms with E-state index in [1.54, 1.807) is 0 Å². The highest BCUT2D eigenvalue weighted by atomic mass is 16.1. The van der Waals surface area contributed by atoms with Crippen molar-refractivity contribution in [1.82, 2.24) is 5.32 Å². The van der Waals surface area contributed by atoms with Crippen LogP contribution < -0.4 is 10.6 Å². The molecule has 0 aliphatic carbocycles. The number of carbonyl (C=O) groups is 1. The molecule has 1 heterocycles. The van der Waals surface area contributed by atoms with Gasteiger partial charge in [0.15, 0.2) is 0 Å². The lowest BCUT2D eigenvalue weighted by atomic mass is 9.99. The molecule has 1 aromatic rings. The third-order valence-electron chi connectivity index (χ3n) is 2.99. The number of anilines is 1. The van der Waals surface area contributed by atoms with E-state index in [2.05, 4.69) is 10.6 Å². The zero-order valence-electron chi connectivity index (χ0n) is 9.62. The summed E-state index contributed by atoms with van der Waals surface area (Å²) in [4.78, 5) is 11.9. The summed E-state index contributed by atoms with van der Waals surface area (Å²) in [6, 6.07) is 7.91. The molecule has 1 aliphatic heterocycles. The maximum absolute atomic E-state index is 11.9. The molecule has 16 heavy (non-hydrogen) atoms. The molecule has 0 saturated carbocycles. The maximum atomic E-state index is 11.9. The summed E-state index contributed by atoms with van der Waals surface area (Å²) in [5.74, 6) is 0.256. The maximum Gasteiger partial charge on any atom is 0.228 e. The van der Waals surface area contributed by atoms with Crippen LogP contribution in [0.3, 0.4) is 0 Å². The Morgan fingerprint density at radius 2 is 2.12 bits per heavy atom. The fourth-order valence-electron chi connectivity index (χ4n) is 1.96. The standard InChI is InChI=1S/C13H18N2O/c1-10-4-6-12(7-5-10)15-13(16)11-3-2-8-14-9-11/h4-7,11,14H,2-3,8-9H2,1H3,(H,15,16)/t11-/m1/s1. The van der Waals surface area contributed by atoms with Gasteiger partial charge < -0.3 is 10.6 Å². The quantitative estimate of drug-likeness (QED) is 0.796. The Balaban J connectivity index is 1.93. The van der Waals surface area contributed by atoms with Gasteiger partial charge in [0.05, 0.1) is 5.92 Å². The number of benzene rings is 1. The number of aryl methyl sites for hydroxylation is 1. The van der Waals surface area contributed by atoms with Crippen molar-refractivity contribution in [3.63, 3.8) is 0 Å². The van der Waals surface area contributed by atoms with E-state index in [4.69, 9.17) is 0 Å². The Morgan fingerprint density at radius 1 is 1.38 bits per heavy atom. The number of nitrogens with one attached hydrogen (secondary N) is 2. The molecule has 2 rings (SSSR count). The second kappa shape index (κ2) is 5.12. The lowest BCUT2D eigenvalue weighted by Gasteiger charge is -2.21. The highest BCUT2D eigenvalue weighted by molar-refractivity contribution is 5.92. The first-order chi connectivity index (χ1) is 7.75. The molecule has 1 aliphatic rings. The summed E-state index contributed by atoms with van der Waals surface area (Å²) >= 11 is 0. The topological polar surface area (TPSA) is 41.1 Å². The van der Waals surface area contributed by atoms with Crippen molar-refractivity contribution in [2.75, 3.05) is 18.4 Å². The molecule has 0 aromatic heterocycles. The lowest BCUT2D eigenvalue weighted by Crippen LogP contribution is -2.37. The smallest absolute Gasteiger partial charge is 0.228 e. The molecular weight excluding hydrogens is 200 g/mol. The Morgan fingerprint density at radius 3 is 2.75 bits per heavy atom. The fraction of sp³-hybridized carbons (Fsp3) is 0.462. The fourth-order valence-corrected chi connectivity index (χ4v) is 1.96. The van der Waals surface area contributed by atoms with Crippen LogP contribution in [0.1, 0.15) is 18.4 Å². The van der Waals surface area contributed by atoms with E-state index in [-0.39, 0.29) is 11.8 Å². The van der Waals surface area contributed by atoms with Crippen molar-refractivity contribution in [3.8, 4) is 0 Å². The van der Waals surface area contributed by atoms with Gasteiger partial charge in [-0.1, -0.05) is 17.7 Å². The van der Waals surface area contributed by atoms with Crippen molar-refractivity contribution in [3.05, 3.63) is 29.8 Å². The van der Waals surface area contributed by atoms with Gasteiger partial charge in [-0.05, 0) is 38.4 Å². The Labute approximate surface area is 96.2 Å². The van der Waals surface area contributed by atoms with Gasteiger partial charge in [0.25, 0.3) is 0 Å². The number of carbonyl (C=O) groups excluding carboxylic acids is 1. The molecule has 1 fully saturated rings. The molecular formula is C13H18N2O. The van der Waals surface area contributed by atoms with E-state index in [0.717, 1.165) is 31.6 Å².